The van der Waals surface area contributed by atoms with Crippen molar-refractivity contribution in [2.24, 2.45) is 0 Å². The number of aliphatic hydroxyl groups is 2. The van der Waals surface area contributed by atoms with E-state index in [1.807, 2.05) is 0 Å². The zero-order chi connectivity index (χ0) is 22.4. The Morgan fingerprint density at radius 3 is 1.24 bits per heavy atom. The lowest BCUT2D eigenvalue weighted by molar-refractivity contribution is -0.258. The molecule has 0 spiro atoms. The largest absolute Gasteiger partial charge is 0.421 e. The average Bonchev–Trinajstić information content (AvgIpc) is 2.55. The first-order valence-corrected chi connectivity index (χ1v) is 8.56. The zero-order valence-electron chi connectivity index (χ0n) is 16.1. The molecule has 3 N–H and O–H groups in total. The lowest BCUT2D eigenvalue weighted by Crippen LogP contribution is -2.40. The molecule has 0 amide bonds. The van der Waals surface area contributed by atoms with E-state index in [9.17, 15) is 36.6 Å². The summed E-state index contributed by atoms with van der Waals surface area (Å²) in [6.07, 6.45) is -10.0. The van der Waals surface area contributed by atoms with Crippen molar-refractivity contribution >= 4 is 11.4 Å². The third-order valence-electron chi connectivity index (χ3n) is 4.77. The van der Waals surface area contributed by atoms with Crippen LogP contribution in [0.3, 0.4) is 0 Å². The summed E-state index contributed by atoms with van der Waals surface area (Å²) >= 11 is 0. The molecule has 0 heterocycles. The molecule has 0 aliphatic rings. The van der Waals surface area contributed by atoms with Crippen molar-refractivity contribution in [2.45, 2.75) is 51.2 Å². The summed E-state index contributed by atoms with van der Waals surface area (Å²) in [6, 6.07) is 7.58. The van der Waals surface area contributed by atoms with Gasteiger partial charge in [-0.05, 0) is 39.8 Å². The minimum absolute atomic E-state index is 0.235. The Hall–Kier alpha value is -2.26. The lowest BCUT2D eigenvalue weighted by atomic mass is 9.90. The summed E-state index contributed by atoms with van der Waals surface area (Å²) < 4.78 is 80.3. The van der Waals surface area contributed by atoms with Gasteiger partial charge < -0.3 is 15.5 Å². The van der Waals surface area contributed by atoms with Crippen LogP contribution in [-0.4, -0.2) is 22.6 Å². The second-order valence-corrected chi connectivity index (χ2v) is 7.36. The molecule has 2 aromatic carbocycles. The highest BCUT2D eigenvalue weighted by Crippen LogP contribution is 2.45. The van der Waals surface area contributed by atoms with Gasteiger partial charge in [-0.3, -0.25) is 0 Å². The lowest BCUT2D eigenvalue weighted by Gasteiger charge is -2.31. The maximum atomic E-state index is 13.4. The summed E-state index contributed by atoms with van der Waals surface area (Å²) in [7, 11) is 0. The summed E-state index contributed by atoms with van der Waals surface area (Å²) in [5.74, 6) is 0. The van der Waals surface area contributed by atoms with Crippen molar-refractivity contribution in [3.05, 3.63) is 58.7 Å². The van der Waals surface area contributed by atoms with E-state index < -0.39 is 34.7 Å². The van der Waals surface area contributed by atoms with Crippen LogP contribution >= 0.6 is 0 Å². The van der Waals surface area contributed by atoms with E-state index in [0.29, 0.717) is 25.0 Å². The first kappa shape index (κ1) is 23.0. The summed E-state index contributed by atoms with van der Waals surface area (Å²) in [4.78, 5) is 0. The van der Waals surface area contributed by atoms with Gasteiger partial charge in [-0.2, -0.15) is 26.3 Å². The predicted octanol–water partition coefficient (Wildman–Crippen LogP) is 5.59. The van der Waals surface area contributed by atoms with Crippen LogP contribution in [0, 0.1) is 13.8 Å². The molecule has 0 bridgehead atoms. The number of nitrogens with one attached hydrogen (secondary N) is 1. The van der Waals surface area contributed by atoms with Crippen LogP contribution in [0.2, 0.25) is 0 Å². The maximum Gasteiger partial charge on any atom is 0.421 e. The van der Waals surface area contributed by atoms with E-state index in [1.165, 1.54) is 38.1 Å². The molecular formula is C20H21F6NO2. The Morgan fingerprint density at radius 1 is 0.655 bits per heavy atom. The molecule has 0 radical (unpaired) electrons. The van der Waals surface area contributed by atoms with Gasteiger partial charge in [-0.25, -0.2) is 0 Å². The normalized spacial score (nSPS) is 16.8. The fourth-order valence-electron chi connectivity index (χ4n) is 2.79. The fourth-order valence-corrected chi connectivity index (χ4v) is 2.79. The van der Waals surface area contributed by atoms with Gasteiger partial charge in [-0.1, -0.05) is 35.4 Å². The van der Waals surface area contributed by atoms with E-state index >= 15 is 0 Å². The monoisotopic (exact) mass is 421 g/mol. The van der Waals surface area contributed by atoms with Gasteiger partial charge in [0.05, 0.1) is 0 Å². The molecule has 0 aliphatic heterocycles. The second kappa shape index (κ2) is 7.21. The van der Waals surface area contributed by atoms with E-state index in [1.54, 1.807) is 0 Å². The number of rotatable bonds is 4. The first-order chi connectivity index (χ1) is 13.0. The Morgan fingerprint density at radius 2 is 0.966 bits per heavy atom. The van der Waals surface area contributed by atoms with Gasteiger partial charge >= 0.3 is 12.4 Å². The van der Waals surface area contributed by atoms with Crippen LogP contribution in [0.4, 0.5) is 37.7 Å². The van der Waals surface area contributed by atoms with Gasteiger partial charge in [0.2, 0.25) is 0 Å². The van der Waals surface area contributed by atoms with E-state index in [0.717, 1.165) is 12.1 Å². The number of hydrogen-bond acceptors (Lipinski definition) is 3. The molecule has 29 heavy (non-hydrogen) atoms. The van der Waals surface area contributed by atoms with Gasteiger partial charge in [0.25, 0.3) is 0 Å². The first-order valence-electron chi connectivity index (χ1n) is 8.56. The van der Waals surface area contributed by atoms with Gasteiger partial charge in [0.1, 0.15) is 0 Å². The highest BCUT2D eigenvalue weighted by Gasteiger charge is 2.53. The van der Waals surface area contributed by atoms with Crippen LogP contribution in [0.5, 0.6) is 0 Å². The second-order valence-electron chi connectivity index (χ2n) is 7.36. The molecule has 2 rings (SSSR count). The fraction of sp³-hybridized carbons (Fsp3) is 0.400. The van der Waals surface area contributed by atoms with Crippen molar-refractivity contribution in [1.29, 1.82) is 0 Å². The van der Waals surface area contributed by atoms with Crippen molar-refractivity contribution in [1.82, 2.24) is 0 Å². The van der Waals surface area contributed by atoms with Gasteiger partial charge in [0.15, 0.2) is 11.2 Å². The molecule has 0 aliphatic carbocycles. The molecule has 2 atom stereocenters. The van der Waals surface area contributed by atoms with Crippen molar-refractivity contribution < 1.29 is 36.6 Å². The minimum Gasteiger partial charge on any atom is -0.376 e. The Kier molecular flexibility index (Phi) is 5.73. The van der Waals surface area contributed by atoms with Crippen LogP contribution in [0.1, 0.15) is 36.1 Å². The van der Waals surface area contributed by atoms with Crippen molar-refractivity contribution in [3.8, 4) is 0 Å². The molecule has 3 nitrogen and oxygen atoms in total. The van der Waals surface area contributed by atoms with Crippen molar-refractivity contribution in [3.63, 3.8) is 0 Å². The van der Waals surface area contributed by atoms with E-state index in [-0.39, 0.29) is 11.4 Å². The summed E-state index contributed by atoms with van der Waals surface area (Å²) in [5, 5.41) is 22.8. The van der Waals surface area contributed by atoms with Crippen LogP contribution in [-0.2, 0) is 11.2 Å². The molecule has 0 unspecified atom stereocenters. The number of hydrogen-bond donors (Lipinski definition) is 3. The molecular weight excluding hydrogens is 400 g/mol. The highest BCUT2D eigenvalue weighted by molar-refractivity contribution is 5.69. The number of aryl methyl sites for hydroxylation is 2. The van der Waals surface area contributed by atoms with Crippen LogP contribution < -0.4 is 5.32 Å². The molecule has 2 aromatic rings. The third kappa shape index (κ3) is 4.35. The Bertz CT molecular complexity index is 827. The number of alkyl halides is 6. The highest BCUT2D eigenvalue weighted by atomic mass is 19.4. The molecule has 160 valence electrons. The summed E-state index contributed by atoms with van der Waals surface area (Å²) in [6.45, 7) is 4.17. The molecule has 0 saturated carbocycles. The molecule has 0 fully saturated rings. The smallest absolute Gasteiger partial charge is 0.376 e. The third-order valence-corrected chi connectivity index (χ3v) is 4.77. The Balaban J connectivity index is 2.66. The zero-order valence-corrected chi connectivity index (χ0v) is 16.1. The van der Waals surface area contributed by atoms with Crippen molar-refractivity contribution in [2.75, 3.05) is 5.32 Å². The van der Waals surface area contributed by atoms with Gasteiger partial charge in [0, 0.05) is 22.5 Å². The standard InChI is InChI=1S/C20H21F6NO2/c1-11-5-7-15(13(9-11)17(3,28)19(21,22)23)27-16-8-6-12(2)10-14(16)18(4,29)20(24,25)26/h5-10,27-29H,1-4H3/t17-,18+. The van der Waals surface area contributed by atoms with E-state index in [2.05, 4.69) is 5.32 Å². The number of anilines is 2. The molecule has 9 heteroatoms. The molecule has 0 saturated heterocycles. The van der Waals surface area contributed by atoms with Gasteiger partial charge in [-0.15, -0.1) is 0 Å². The Labute approximate surface area is 164 Å². The number of halogens is 6. The van der Waals surface area contributed by atoms with Crippen LogP contribution in [0.15, 0.2) is 36.4 Å². The quantitative estimate of drug-likeness (QED) is 0.565. The van der Waals surface area contributed by atoms with E-state index in [4.69, 9.17) is 0 Å². The minimum atomic E-state index is -5.02. The van der Waals surface area contributed by atoms with Crippen LogP contribution in [0.25, 0.3) is 0 Å². The topological polar surface area (TPSA) is 52.5 Å². The SMILES string of the molecule is Cc1ccc(Nc2ccc(C)cc2[C@@](C)(O)C(F)(F)F)c([C@](C)(O)C(F)(F)F)c1. The molecule has 0 aromatic heterocycles. The average molecular weight is 421 g/mol. The predicted molar refractivity (Wildman–Crippen MR) is 96.9 cm³/mol. The number of benzene rings is 2. The summed E-state index contributed by atoms with van der Waals surface area (Å²) in [5.41, 5.74) is -7.24. The maximum absolute atomic E-state index is 13.4.